The van der Waals surface area contributed by atoms with Crippen molar-refractivity contribution in [3.05, 3.63) is 48.2 Å². The van der Waals surface area contributed by atoms with Gasteiger partial charge in [-0.2, -0.15) is 0 Å². The molecular weight excluding hydrogens is 424 g/mol. The van der Waals surface area contributed by atoms with Crippen LogP contribution < -0.4 is 20.1 Å². The van der Waals surface area contributed by atoms with Crippen LogP contribution in [0.15, 0.2) is 47.5 Å². The van der Waals surface area contributed by atoms with Crippen molar-refractivity contribution < 1.29 is 27.5 Å². The molecule has 0 aliphatic heterocycles. The molecule has 0 spiro atoms. The second kappa shape index (κ2) is 10.2. The van der Waals surface area contributed by atoms with Crippen molar-refractivity contribution in [3.63, 3.8) is 0 Å². The molecule has 0 saturated carbocycles. The molecule has 168 valence electrons. The first-order chi connectivity index (χ1) is 14.5. The van der Waals surface area contributed by atoms with Gasteiger partial charge in [0.05, 0.1) is 17.6 Å². The Labute approximate surface area is 181 Å². The van der Waals surface area contributed by atoms with E-state index in [4.69, 9.17) is 9.47 Å². The molecule has 2 aromatic rings. The molecule has 1 aromatic heterocycles. The Bertz CT molecular complexity index is 1020. The zero-order valence-electron chi connectivity index (χ0n) is 17.8. The summed E-state index contributed by atoms with van der Waals surface area (Å²) in [5, 5.41) is 5.09. The van der Waals surface area contributed by atoms with Crippen LogP contribution in [0.3, 0.4) is 0 Å². The van der Waals surface area contributed by atoms with Crippen molar-refractivity contribution >= 4 is 27.7 Å². The highest BCUT2D eigenvalue weighted by molar-refractivity contribution is 7.89. The van der Waals surface area contributed by atoms with Gasteiger partial charge < -0.3 is 20.1 Å². The Balaban J connectivity index is 1.94. The summed E-state index contributed by atoms with van der Waals surface area (Å²) in [5.41, 5.74) is -0.0490. The number of sulfonamides is 1. The van der Waals surface area contributed by atoms with Gasteiger partial charge in [0.15, 0.2) is 0 Å². The fourth-order valence-electron chi connectivity index (χ4n) is 2.33. The molecule has 11 heteroatoms. The molecule has 0 unspecified atom stereocenters. The number of nitrogens with one attached hydrogen (secondary N) is 3. The number of pyridine rings is 1. The average Bonchev–Trinajstić information content (AvgIpc) is 2.70. The lowest BCUT2D eigenvalue weighted by Gasteiger charge is -2.19. The molecule has 0 aliphatic rings. The first kappa shape index (κ1) is 24.1. The van der Waals surface area contributed by atoms with Crippen LogP contribution in [0.5, 0.6) is 5.88 Å². The molecule has 0 radical (unpaired) electrons. The third-order valence-corrected chi connectivity index (χ3v) is 5.15. The lowest BCUT2D eigenvalue weighted by atomic mass is 10.2. The minimum absolute atomic E-state index is 0.0320. The van der Waals surface area contributed by atoms with Gasteiger partial charge in [0.1, 0.15) is 5.60 Å². The second-order valence-corrected chi connectivity index (χ2v) is 9.16. The molecule has 31 heavy (non-hydrogen) atoms. The Morgan fingerprint density at radius 2 is 1.84 bits per heavy atom. The van der Waals surface area contributed by atoms with Gasteiger partial charge in [0.2, 0.25) is 15.9 Å². The first-order valence-electron chi connectivity index (χ1n) is 9.38. The SMILES string of the molecule is COc1ccc(C(=O)Nc2cccc(S(=O)(=O)NCCNC(=O)OC(C)(C)C)c2)cn1. The van der Waals surface area contributed by atoms with Gasteiger partial charge in [-0.05, 0) is 45.0 Å². The number of methoxy groups -OCH3 is 1. The maximum absolute atomic E-state index is 12.5. The fraction of sp³-hybridized carbons (Fsp3) is 0.350. The van der Waals surface area contributed by atoms with Crippen LogP contribution in [-0.2, 0) is 14.8 Å². The van der Waals surface area contributed by atoms with E-state index in [1.807, 2.05) is 0 Å². The minimum Gasteiger partial charge on any atom is -0.481 e. The quantitative estimate of drug-likeness (QED) is 0.524. The third-order valence-electron chi connectivity index (χ3n) is 3.70. The zero-order valence-corrected chi connectivity index (χ0v) is 18.6. The van der Waals surface area contributed by atoms with Crippen LogP contribution in [0, 0.1) is 0 Å². The molecule has 0 fully saturated rings. The van der Waals surface area contributed by atoms with Crippen molar-refractivity contribution in [2.75, 3.05) is 25.5 Å². The standard InChI is InChI=1S/C20H26N4O6S/c1-20(2,3)30-19(26)21-10-11-23-31(27,28)16-7-5-6-15(12-16)24-18(25)14-8-9-17(29-4)22-13-14/h5-9,12-13,23H,10-11H2,1-4H3,(H,21,26)(H,24,25). The normalized spacial score (nSPS) is 11.5. The van der Waals surface area contributed by atoms with E-state index >= 15 is 0 Å². The summed E-state index contributed by atoms with van der Waals surface area (Å²) >= 11 is 0. The smallest absolute Gasteiger partial charge is 0.407 e. The molecule has 0 atom stereocenters. The number of benzene rings is 1. The predicted octanol–water partition coefficient (Wildman–Crippen LogP) is 2.15. The highest BCUT2D eigenvalue weighted by Gasteiger charge is 2.17. The number of rotatable bonds is 8. The van der Waals surface area contributed by atoms with Crippen LogP contribution in [0.4, 0.5) is 10.5 Å². The van der Waals surface area contributed by atoms with E-state index in [0.717, 1.165) is 0 Å². The number of alkyl carbamates (subject to hydrolysis) is 1. The van der Waals surface area contributed by atoms with Crippen molar-refractivity contribution in [2.45, 2.75) is 31.3 Å². The Kier molecular flexibility index (Phi) is 7.95. The summed E-state index contributed by atoms with van der Waals surface area (Å²) in [7, 11) is -2.38. The largest absolute Gasteiger partial charge is 0.481 e. The number of hydrogen-bond acceptors (Lipinski definition) is 7. The Hall–Kier alpha value is -3.18. The van der Waals surface area contributed by atoms with Crippen molar-refractivity contribution in [3.8, 4) is 5.88 Å². The molecule has 2 amide bonds. The fourth-order valence-corrected chi connectivity index (χ4v) is 3.40. The number of anilines is 1. The van der Waals surface area contributed by atoms with Gasteiger partial charge in [0, 0.05) is 31.0 Å². The number of carbonyl (C=O) groups is 2. The molecule has 0 saturated heterocycles. The molecule has 0 aliphatic carbocycles. The number of ether oxygens (including phenoxy) is 2. The van der Waals surface area contributed by atoms with Gasteiger partial charge in [-0.1, -0.05) is 6.07 Å². The average molecular weight is 451 g/mol. The van der Waals surface area contributed by atoms with E-state index < -0.39 is 27.6 Å². The van der Waals surface area contributed by atoms with Crippen LogP contribution in [-0.4, -0.2) is 51.2 Å². The minimum atomic E-state index is -3.85. The highest BCUT2D eigenvalue weighted by atomic mass is 32.2. The van der Waals surface area contributed by atoms with Crippen LogP contribution >= 0.6 is 0 Å². The maximum atomic E-state index is 12.5. The number of aromatic nitrogens is 1. The summed E-state index contributed by atoms with van der Waals surface area (Å²) in [5.74, 6) is -0.0731. The van der Waals surface area contributed by atoms with Gasteiger partial charge in [-0.3, -0.25) is 4.79 Å². The van der Waals surface area contributed by atoms with Crippen LogP contribution in [0.2, 0.25) is 0 Å². The maximum Gasteiger partial charge on any atom is 0.407 e. The molecule has 3 N–H and O–H groups in total. The van der Waals surface area contributed by atoms with E-state index in [9.17, 15) is 18.0 Å². The van der Waals surface area contributed by atoms with E-state index in [1.54, 1.807) is 39.0 Å². The molecule has 1 aromatic carbocycles. The van der Waals surface area contributed by atoms with Gasteiger partial charge in [0.25, 0.3) is 5.91 Å². The summed E-state index contributed by atoms with van der Waals surface area (Å²) in [6.07, 6.45) is 0.720. The van der Waals surface area contributed by atoms with E-state index in [0.29, 0.717) is 17.1 Å². The lowest BCUT2D eigenvalue weighted by molar-refractivity contribution is 0.0528. The molecule has 1 heterocycles. The van der Waals surface area contributed by atoms with Crippen LogP contribution in [0.1, 0.15) is 31.1 Å². The van der Waals surface area contributed by atoms with Gasteiger partial charge >= 0.3 is 6.09 Å². The molecular formula is C20H26N4O6S. The topological polar surface area (TPSA) is 136 Å². The molecule has 10 nitrogen and oxygen atoms in total. The monoisotopic (exact) mass is 450 g/mol. The van der Waals surface area contributed by atoms with Gasteiger partial charge in [-0.25, -0.2) is 22.9 Å². The van der Waals surface area contributed by atoms with Crippen LogP contribution in [0.25, 0.3) is 0 Å². The lowest BCUT2D eigenvalue weighted by Crippen LogP contribution is -2.37. The summed E-state index contributed by atoms with van der Waals surface area (Å²) in [4.78, 5) is 27.9. The molecule has 0 bridgehead atoms. The van der Waals surface area contributed by atoms with E-state index in [1.165, 1.54) is 31.5 Å². The summed E-state index contributed by atoms with van der Waals surface area (Å²) < 4.78 is 37.4. The number of carbonyl (C=O) groups excluding carboxylic acids is 2. The Morgan fingerprint density at radius 3 is 2.45 bits per heavy atom. The zero-order chi connectivity index (χ0) is 23.1. The second-order valence-electron chi connectivity index (χ2n) is 7.40. The van der Waals surface area contributed by atoms with E-state index in [-0.39, 0.29) is 18.0 Å². The first-order valence-corrected chi connectivity index (χ1v) is 10.9. The van der Waals surface area contributed by atoms with Gasteiger partial charge in [-0.15, -0.1) is 0 Å². The highest BCUT2D eigenvalue weighted by Crippen LogP contribution is 2.17. The third kappa shape index (κ3) is 7.87. The molecule has 2 rings (SSSR count). The van der Waals surface area contributed by atoms with Crippen molar-refractivity contribution in [2.24, 2.45) is 0 Å². The number of hydrogen-bond donors (Lipinski definition) is 3. The number of amides is 2. The Morgan fingerprint density at radius 1 is 1.10 bits per heavy atom. The summed E-state index contributed by atoms with van der Waals surface area (Å²) in [6, 6.07) is 8.89. The van der Waals surface area contributed by atoms with Crippen molar-refractivity contribution in [1.82, 2.24) is 15.0 Å². The number of nitrogens with zero attached hydrogens (tertiary/aromatic N) is 1. The van der Waals surface area contributed by atoms with E-state index in [2.05, 4.69) is 20.3 Å². The predicted molar refractivity (Wildman–Crippen MR) is 115 cm³/mol. The summed E-state index contributed by atoms with van der Waals surface area (Å²) in [6.45, 7) is 5.20. The van der Waals surface area contributed by atoms with Crippen molar-refractivity contribution in [1.29, 1.82) is 0 Å².